The summed E-state index contributed by atoms with van der Waals surface area (Å²) in [5.41, 5.74) is 2.48. The summed E-state index contributed by atoms with van der Waals surface area (Å²) >= 11 is 0. The molecule has 26 heavy (non-hydrogen) atoms. The van der Waals surface area contributed by atoms with Crippen LogP contribution in [0.2, 0.25) is 0 Å². The van der Waals surface area contributed by atoms with Gasteiger partial charge in [-0.3, -0.25) is 9.69 Å². The van der Waals surface area contributed by atoms with Crippen molar-refractivity contribution < 1.29 is 14.3 Å². The third kappa shape index (κ3) is 2.83. The van der Waals surface area contributed by atoms with Crippen LogP contribution in [-0.4, -0.2) is 30.0 Å². The lowest BCUT2D eigenvalue weighted by molar-refractivity contribution is -0.131. The van der Waals surface area contributed by atoms with Crippen molar-refractivity contribution in [2.45, 2.75) is 31.7 Å². The number of hydrogen-bond donors (Lipinski definition) is 1. The van der Waals surface area contributed by atoms with Gasteiger partial charge < -0.3 is 10.1 Å². The number of nitrogens with zero attached hydrogens (tertiary/aromatic N) is 1. The number of benzene rings is 2. The predicted octanol–water partition coefficient (Wildman–Crippen LogP) is 3.02. The highest BCUT2D eigenvalue weighted by molar-refractivity contribution is 6.07. The average Bonchev–Trinajstić information content (AvgIpc) is 3.20. The van der Waals surface area contributed by atoms with Crippen LogP contribution in [0.15, 0.2) is 48.5 Å². The Morgan fingerprint density at radius 2 is 1.85 bits per heavy atom. The monoisotopic (exact) mass is 350 g/mol. The van der Waals surface area contributed by atoms with E-state index in [0.29, 0.717) is 0 Å². The van der Waals surface area contributed by atoms with Crippen LogP contribution < -0.4 is 10.1 Å². The number of carbonyl (C=O) groups is 2. The summed E-state index contributed by atoms with van der Waals surface area (Å²) in [6.07, 6.45) is 3.28. The molecule has 0 spiro atoms. The molecule has 5 heteroatoms. The lowest BCUT2D eigenvalue weighted by atomic mass is 9.90. The number of nitrogens with one attached hydrogen (secondary N) is 1. The van der Waals surface area contributed by atoms with Crippen molar-refractivity contribution >= 4 is 11.9 Å². The number of ether oxygens (including phenoxy) is 1. The van der Waals surface area contributed by atoms with E-state index < -0.39 is 5.54 Å². The van der Waals surface area contributed by atoms with Crippen LogP contribution in [0.3, 0.4) is 0 Å². The molecule has 2 aromatic carbocycles. The van der Waals surface area contributed by atoms with Crippen LogP contribution in [0, 0.1) is 0 Å². The first-order valence-corrected chi connectivity index (χ1v) is 9.02. The van der Waals surface area contributed by atoms with E-state index in [-0.39, 0.29) is 25.1 Å². The zero-order valence-electron chi connectivity index (χ0n) is 14.8. The molecule has 1 aliphatic carbocycles. The van der Waals surface area contributed by atoms with E-state index in [1.807, 2.05) is 36.4 Å². The van der Waals surface area contributed by atoms with Gasteiger partial charge in [0.1, 0.15) is 17.9 Å². The largest absolute Gasteiger partial charge is 0.492 e. The van der Waals surface area contributed by atoms with Crippen molar-refractivity contribution in [3.05, 3.63) is 65.2 Å². The third-order valence-corrected chi connectivity index (χ3v) is 5.28. The number of urea groups is 1. The molecular formula is C21H22N2O3. The van der Waals surface area contributed by atoms with Crippen molar-refractivity contribution in [2.75, 3.05) is 13.2 Å². The SMILES string of the molecule is CC1(c2ccc3c(c2)CCC3)NC(=O)N(CCOc2ccccc2)C1=O. The maximum Gasteiger partial charge on any atom is 0.325 e. The summed E-state index contributed by atoms with van der Waals surface area (Å²) in [7, 11) is 0. The first-order chi connectivity index (χ1) is 12.6. The average molecular weight is 350 g/mol. The molecule has 1 aliphatic heterocycles. The van der Waals surface area contributed by atoms with Gasteiger partial charge in [-0.1, -0.05) is 36.4 Å². The van der Waals surface area contributed by atoms with E-state index in [1.54, 1.807) is 6.92 Å². The third-order valence-electron chi connectivity index (χ3n) is 5.28. The molecule has 2 aromatic rings. The zero-order valence-corrected chi connectivity index (χ0v) is 14.8. The standard InChI is InChI=1S/C21H22N2O3/c1-21(17-11-10-15-6-5-7-16(15)14-17)19(24)23(20(25)22-21)12-13-26-18-8-3-2-4-9-18/h2-4,8-11,14H,5-7,12-13H2,1H3,(H,22,25). The molecule has 1 unspecified atom stereocenters. The van der Waals surface area contributed by atoms with E-state index >= 15 is 0 Å². The molecule has 1 N–H and O–H groups in total. The Morgan fingerprint density at radius 1 is 1.08 bits per heavy atom. The molecule has 1 fully saturated rings. The summed E-state index contributed by atoms with van der Waals surface area (Å²) in [4.78, 5) is 26.6. The van der Waals surface area contributed by atoms with Crippen molar-refractivity contribution in [2.24, 2.45) is 0 Å². The summed E-state index contributed by atoms with van der Waals surface area (Å²) < 4.78 is 5.63. The van der Waals surface area contributed by atoms with Gasteiger partial charge >= 0.3 is 6.03 Å². The molecule has 0 saturated carbocycles. The van der Waals surface area contributed by atoms with Gasteiger partial charge in [0.15, 0.2) is 0 Å². The van der Waals surface area contributed by atoms with E-state index in [2.05, 4.69) is 17.4 Å². The van der Waals surface area contributed by atoms with E-state index in [1.165, 1.54) is 16.0 Å². The molecule has 5 nitrogen and oxygen atoms in total. The maximum atomic E-state index is 13.0. The second kappa shape index (κ2) is 6.48. The van der Waals surface area contributed by atoms with Crippen LogP contribution in [-0.2, 0) is 23.2 Å². The summed E-state index contributed by atoms with van der Waals surface area (Å²) in [5, 5.41) is 2.87. The van der Waals surface area contributed by atoms with Gasteiger partial charge in [0.05, 0.1) is 6.54 Å². The summed E-state index contributed by atoms with van der Waals surface area (Å²) in [6.45, 7) is 2.27. The highest BCUT2D eigenvalue weighted by Gasteiger charge is 2.49. The van der Waals surface area contributed by atoms with Gasteiger partial charge in [-0.15, -0.1) is 0 Å². The highest BCUT2D eigenvalue weighted by Crippen LogP contribution is 2.32. The molecule has 1 heterocycles. The van der Waals surface area contributed by atoms with Crippen LogP contribution >= 0.6 is 0 Å². The van der Waals surface area contributed by atoms with Crippen molar-refractivity contribution in [1.29, 1.82) is 0 Å². The Labute approximate surface area is 153 Å². The first-order valence-electron chi connectivity index (χ1n) is 9.02. The molecule has 0 radical (unpaired) electrons. The number of fused-ring (bicyclic) bond motifs is 1. The van der Waals surface area contributed by atoms with Gasteiger partial charge in [0.25, 0.3) is 5.91 Å². The molecule has 4 rings (SSSR count). The van der Waals surface area contributed by atoms with E-state index in [4.69, 9.17) is 4.74 Å². The molecular weight excluding hydrogens is 328 g/mol. The van der Waals surface area contributed by atoms with Crippen molar-refractivity contribution in [3.63, 3.8) is 0 Å². The zero-order chi connectivity index (χ0) is 18.1. The predicted molar refractivity (Wildman–Crippen MR) is 98.0 cm³/mol. The second-order valence-corrected chi connectivity index (χ2v) is 7.01. The summed E-state index contributed by atoms with van der Waals surface area (Å²) in [5.74, 6) is 0.498. The molecule has 3 amide bonds. The van der Waals surface area contributed by atoms with Gasteiger partial charge in [-0.2, -0.15) is 0 Å². The lowest BCUT2D eigenvalue weighted by Gasteiger charge is -2.23. The van der Waals surface area contributed by atoms with Crippen molar-refractivity contribution in [3.8, 4) is 5.75 Å². The van der Waals surface area contributed by atoms with E-state index in [9.17, 15) is 9.59 Å². The Bertz CT molecular complexity index is 850. The van der Waals surface area contributed by atoms with Crippen LogP contribution in [0.5, 0.6) is 5.75 Å². The first kappa shape index (κ1) is 16.6. The second-order valence-electron chi connectivity index (χ2n) is 7.01. The number of hydrogen-bond acceptors (Lipinski definition) is 3. The van der Waals surface area contributed by atoms with Gasteiger partial charge in [-0.25, -0.2) is 4.79 Å². The molecule has 134 valence electrons. The van der Waals surface area contributed by atoms with Crippen LogP contribution in [0.25, 0.3) is 0 Å². The van der Waals surface area contributed by atoms with E-state index in [0.717, 1.165) is 30.6 Å². The van der Waals surface area contributed by atoms with Gasteiger partial charge in [0, 0.05) is 0 Å². The number of imide groups is 1. The smallest absolute Gasteiger partial charge is 0.325 e. The highest BCUT2D eigenvalue weighted by atomic mass is 16.5. The Hall–Kier alpha value is -2.82. The lowest BCUT2D eigenvalue weighted by Crippen LogP contribution is -2.41. The number of carbonyl (C=O) groups excluding carboxylic acids is 2. The molecule has 2 aliphatic rings. The fraction of sp³-hybridized carbons (Fsp3) is 0.333. The minimum Gasteiger partial charge on any atom is -0.492 e. The number of aryl methyl sites for hydroxylation is 2. The Kier molecular flexibility index (Phi) is 4.15. The van der Waals surface area contributed by atoms with Crippen LogP contribution in [0.4, 0.5) is 4.79 Å². The quantitative estimate of drug-likeness (QED) is 0.844. The molecule has 0 bridgehead atoms. The Balaban J connectivity index is 1.47. The number of amides is 3. The van der Waals surface area contributed by atoms with Gasteiger partial charge in [-0.05, 0) is 55.0 Å². The molecule has 0 aromatic heterocycles. The Morgan fingerprint density at radius 3 is 2.65 bits per heavy atom. The van der Waals surface area contributed by atoms with Crippen LogP contribution in [0.1, 0.15) is 30.0 Å². The number of para-hydroxylation sites is 1. The maximum absolute atomic E-state index is 13.0. The summed E-state index contributed by atoms with van der Waals surface area (Å²) in [6, 6.07) is 15.1. The number of rotatable bonds is 5. The fourth-order valence-corrected chi connectivity index (χ4v) is 3.75. The molecule has 1 atom stereocenters. The van der Waals surface area contributed by atoms with Crippen molar-refractivity contribution in [1.82, 2.24) is 10.2 Å². The normalized spacial score (nSPS) is 21.7. The minimum atomic E-state index is -1.01. The topological polar surface area (TPSA) is 58.6 Å². The van der Waals surface area contributed by atoms with Gasteiger partial charge in [0.2, 0.25) is 0 Å². The fourth-order valence-electron chi connectivity index (χ4n) is 3.75. The molecule has 1 saturated heterocycles. The minimum absolute atomic E-state index is 0.222.